The third kappa shape index (κ3) is 6.02. The summed E-state index contributed by atoms with van der Waals surface area (Å²) in [5, 5.41) is 2.68. The molecule has 0 aliphatic carbocycles. The zero-order chi connectivity index (χ0) is 19.8. The summed E-state index contributed by atoms with van der Waals surface area (Å²) in [5.41, 5.74) is 1.26. The SMILES string of the molecule is COc1cc(CC(=O)OCC(=O)Nc2cccc(I)c2)cc(OC)c1OC. The fraction of sp³-hybridized carbons (Fsp3) is 0.263. The van der Waals surface area contributed by atoms with E-state index in [-0.39, 0.29) is 13.0 Å². The van der Waals surface area contributed by atoms with Crippen LogP contribution >= 0.6 is 22.6 Å². The highest BCUT2D eigenvalue weighted by Gasteiger charge is 2.16. The second-order valence-corrected chi connectivity index (χ2v) is 6.68. The summed E-state index contributed by atoms with van der Waals surface area (Å²) in [6, 6.07) is 10.6. The van der Waals surface area contributed by atoms with Gasteiger partial charge in [-0.25, -0.2) is 0 Å². The lowest BCUT2D eigenvalue weighted by Gasteiger charge is -2.14. The first-order chi connectivity index (χ1) is 13.0. The number of anilines is 1. The van der Waals surface area contributed by atoms with Gasteiger partial charge in [0.15, 0.2) is 18.1 Å². The summed E-state index contributed by atoms with van der Waals surface area (Å²) < 4.78 is 21.8. The molecule has 1 N–H and O–H groups in total. The number of rotatable bonds is 8. The van der Waals surface area contributed by atoms with Gasteiger partial charge in [-0.05, 0) is 58.5 Å². The first kappa shape index (κ1) is 20.8. The molecule has 2 rings (SSSR count). The van der Waals surface area contributed by atoms with Gasteiger partial charge in [0.25, 0.3) is 5.91 Å². The third-order valence-corrected chi connectivity index (χ3v) is 4.22. The number of hydrogen-bond donors (Lipinski definition) is 1. The van der Waals surface area contributed by atoms with Crippen LogP contribution in [0, 0.1) is 3.57 Å². The molecule has 144 valence electrons. The number of carbonyl (C=O) groups is 2. The van der Waals surface area contributed by atoms with Crippen LogP contribution in [0.15, 0.2) is 36.4 Å². The van der Waals surface area contributed by atoms with Crippen LogP contribution in [0.4, 0.5) is 5.69 Å². The van der Waals surface area contributed by atoms with Crippen LogP contribution in [-0.4, -0.2) is 39.8 Å². The number of halogens is 1. The first-order valence-corrected chi connectivity index (χ1v) is 9.04. The Bertz CT molecular complexity index is 799. The highest BCUT2D eigenvalue weighted by atomic mass is 127. The third-order valence-electron chi connectivity index (χ3n) is 3.55. The maximum atomic E-state index is 12.1. The number of methoxy groups -OCH3 is 3. The van der Waals surface area contributed by atoms with Gasteiger partial charge >= 0.3 is 5.97 Å². The zero-order valence-corrected chi connectivity index (χ0v) is 17.4. The molecule has 2 aromatic rings. The Hall–Kier alpha value is -2.49. The highest BCUT2D eigenvalue weighted by molar-refractivity contribution is 14.1. The van der Waals surface area contributed by atoms with E-state index in [1.807, 2.05) is 18.2 Å². The number of esters is 1. The largest absolute Gasteiger partial charge is 0.493 e. The Kier molecular flexibility index (Phi) is 7.71. The van der Waals surface area contributed by atoms with Crippen molar-refractivity contribution in [3.05, 3.63) is 45.5 Å². The van der Waals surface area contributed by atoms with Crippen LogP contribution in [0.2, 0.25) is 0 Å². The van der Waals surface area contributed by atoms with E-state index in [9.17, 15) is 9.59 Å². The van der Waals surface area contributed by atoms with Gasteiger partial charge in [-0.15, -0.1) is 0 Å². The van der Waals surface area contributed by atoms with Crippen LogP contribution in [-0.2, 0) is 20.7 Å². The fourth-order valence-electron chi connectivity index (χ4n) is 2.36. The minimum Gasteiger partial charge on any atom is -0.493 e. The van der Waals surface area contributed by atoms with Crippen LogP contribution in [0.3, 0.4) is 0 Å². The van der Waals surface area contributed by atoms with Gasteiger partial charge in [0, 0.05) is 9.26 Å². The molecule has 0 fully saturated rings. The number of hydrogen-bond acceptors (Lipinski definition) is 6. The van der Waals surface area contributed by atoms with Crippen molar-refractivity contribution in [2.75, 3.05) is 33.3 Å². The van der Waals surface area contributed by atoms with E-state index >= 15 is 0 Å². The lowest BCUT2D eigenvalue weighted by atomic mass is 10.1. The maximum absolute atomic E-state index is 12.1. The van der Waals surface area contributed by atoms with Crippen LogP contribution in [0.1, 0.15) is 5.56 Å². The molecule has 0 aliphatic heterocycles. The molecule has 1 amide bonds. The van der Waals surface area contributed by atoms with Gasteiger partial charge in [-0.1, -0.05) is 6.07 Å². The number of amides is 1. The van der Waals surface area contributed by atoms with Gasteiger partial charge in [0.2, 0.25) is 5.75 Å². The van der Waals surface area contributed by atoms with Crippen molar-refractivity contribution in [2.24, 2.45) is 0 Å². The average molecular weight is 485 g/mol. The normalized spacial score (nSPS) is 10.1. The Morgan fingerprint density at radius 3 is 2.22 bits per heavy atom. The van der Waals surface area contributed by atoms with E-state index in [0.29, 0.717) is 28.5 Å². The van der Waals surface area contributed by atoms with Crippen molar-refractivity contribution in [3.63, 3.8) is 0 Å². The standard InChI is InChI=1S/C19H20INO6/c1-24-15-7-12(8-16(25-2)19(15)26-3)9-18(23)27-11-17(22)21-14-6-4-5-13(20)10-14/h4-8,10H,9,11H2,1-3H3,(H,21,22). The predicted molar refractivity (Wildman–Crippen MR) is 109 cm³/mol. The van der Waals surface area contributed by atoms with Gasteiger partial charge in [-0.2, -0.15) is 0 Å². The van der Waals surface area contributed by atoms with Crippen molar-refractivity contribution in [1.82, 2.24) is 0 Å². The lowest BCUT2D eigenvalue weighted by Crippen LogP contribution is -2.21. The van der Waals surface area contributed by atoms with E-state index in [2.05, 4.69) is 27.9 Å². The summed E-state index contributed by atoms with van der Waals surface area (Å²) in [6.45, 7) is -0.366. The molecule has 0 atom stereocenters. The van der Waals surface area contributed by atoms with E-state index < -0.39 is 11.9 Å². The Balaban J connectivity index is 1.94. The second-order valence-electron chi connectivity index (χ2n) is 5.43. The molecule has 0 saturated heterocycles. The van der Waals surface area contributed by atoms with Crippen molar-refractivity contribution >= 4 is 40.2 Å². The molecular weight excluding hydrogens is 465 g/mol. The molecule has 0 aromatic heterocycles. The van der Waals surface area contributed by atoms with Crippen molar-refractivity contribution in [2.45, 2.75) is 6.42 Å². The quantitative estimate of drug-likeness (QED) is 0.458. The van der Waals surface area contributed by atoms with Crippen LogP contribution in [0.25, 0.3) is 0 Å². The molecule has 2 aromatic carbocycles. The number of ether oxygens (including phenoxy) is 4. The molecule has 0 bridgehead atoms. The molecule has 0 unspecified atom stereocenters. The van der Waals surface area contributed by atoms with Gasteiger partial charge in [0.1, 0.15) is 0 Å². The van der Waals surface area contributed by atoms with Crippen molar-refractivity contribution < 1.29 is 28.5 Å². The lowest BCUT2D eigenvalue weighted by molar-refractivity contribution is -0.146. The summed E-state index contributed by atoms with van der Waals surface area (Å²) in [6.07, 6.45) is -0.0345. The minimum atomic E-state index is -0.540. The Labute approximate surface area is 171 Å². The summed E-state index contributed by atoms with van der Waals surface area (Å²) in [7, 11) is 4.49. The molecule has 0 aliphatic rings. The van der Waals surface area contributed by atoms with Crippen LogP contribution in [0.5, 0.6) is 17.2 Å². The van der Waals surface area contributed by atoms with Crippen LogP contribution < -0.4 is 19.5 Å². The molecule has 27 heavy (non-hydrogen) atoms. The minimum absolute atomic E-state index is 0.0345. The molecule has 0 spiro atoms. The highest BCUT2D eigenvalue weighted by Crippen LogP contribution is 2.38. The monoisotopic (exact) mass is 485 g/mol. The van der Waals surface area contributed by atoms with E-state index in [4.69, 9.17) is 18.9 Å². The summed E-state index contributed by atoms with van der Waals surface area (Å²) in [5.74, 6) is 0.374. The predicted octanol–water partition coefficient (Wildman–Crippen LogP) is 3.04. The molecule has 0 saturated carbocycles. The summed E-state index contributed by atoms with van der Waals surface area (Å²) >= 11 is 2.15. The smallest absolute Gasteiger partial charge is 0.310 e. The Morgan fingerprint density at radius 1 is 1.00 bits per heavy atom. The summed E-state index contributed by atoms with van der Waals surface area (Å²) in [4.78, 5) is 24.0. The van der Waals surface area contributed by atoms with E-state index in [0.717, 1.165) is 3.57 Å². The number of nitrogens with one attached hydrogen (secondary N) is 1. The van der Waals surface area contributed by atoms with Crippen molar-refractivity contribution in [3.8, 4) is 17.2 Å². The van der Waals surface area contributed by atoms with Gasteiger partial charge < -0.3 is 24.3 Å². The Morgan fingerprint density at radius 2 is 1.67 bits per heavy atom. The number of carbonyl (C=O) groups excluding carboxylic acids is 2. The van der Waals surface area contributed by atoms with E-state index in [1.165, 1.54) is 21.3 Å². The molecule has 0 heterocycles. The van der Waals surface area contributed by atoms with Crippen molar-refractivity contribution in [1.29, 1.82) is 0 Å². The maximum Gasteiger partial charge on any atom is 0.310 e. The average Bonchev–Trinajstić information content (AvgIpc) is 2.65. The first-order valence-electron chi connectivity index (χ1n) is 7.96. The molecule has 7 nitrogen and oxygen atoms in total. The van der Waals surface area contributed by atoms with Gasteiger partial charge in [-0.3, -0.25) is 9.59 Å². The molecule has 0 radical (unpaired) electrons. The number of benzene rings is 2. The van der Waals surface area contributed by atoms with E-state index in [1.54, 1.807) is 18.2 Å². The zero-order valence-electron chi connectivity index (χ0n) is 15.2. The second kappa shape index (κ2) is 10.0. The topological polar surface area (TPSA) is 83.1 Å². The fourth-order valence-corrected chi connectivity index (χ4v) is 2.91. The van der Waals surface area contributed by atoms with Gasteiger partial charge in [0.05, 0.1) is 27.8 Å². The molecular formula is C19H20INO6. The molecule has 8 heteroatoms.